The lowest BCUT2D eigenvalue weighted by Gasteiger charge is -2.26. The number of anilines is 1. The van der Waals surface area contributed by atoms with E-state index in [-0.39, 0.29) is 28.1 Å². The summed E-state index contributed by atoms with van der Waals surface area (Å²) in [6, 6.07) is 8.80. The van der Waals surface area contributed by atoms with Gasteiger partial charge >= 0.3 is 5.97 Å². The van der Waals surface area contributed by atoms with Gasteiger partial charge in [0.2, 0.25) is 5.91 Å². The number of nitrogens with zero attached hydrogens (tertiary/aromatic N) is 3. The maximum atomic E-state index is 12.6. The molecule has 142 valence electrons. The Morgan fingerprint density at radius 3 is 2.39 bits per heavy atom. The van der Waals surface area contributed by atoms with Crippen molar-refractivity contribution in [3.05, 3.63) is 69.3 Å². The van der Waals surface area contributed by atoms with Gasteiger partial charge in [0, 0.05) is 24.7 Å². The number of carboxylic acids is 1. The molecule has 0 bridgehead atoms. The van der Waals surface area contributed by atoms with Gasteiger partial charge in [0.15, 0.2) is 0 Å². The molecule has 2 aromatic carbocycles. The van der Waals surface area contributed by atoms with Crippen LogP contribution in [0.25, 0.3) is 0 Å². The third-order valence-electron chi connectivity index (χ3n) is 4.23. The molecule has 0 saturated heterocycles. The molecule has 0 aromatic heterocycles. The van der Waals surface area contributed by atoms with Crippen molar-refractivity contribution in [1.29, 1.82) is 0 Å². The van der Waals surface area contributed by atoms with E-state index in [9.17, 15) is 29.3 Å². The molecule has 10 heteroatoms. The van der Waals surface area contributed by atoms with E-state index >= 15 is 0 Å². The average molecular weight is 383 g/mol. The molecule has 3 rings (SSSR count). The first-order chi connectivity index (χ1) is 13.2. The predicted octanol–water partition coefficient (Wildman–Crippen LogP) is 1.90. The van der Waals surface area contributed by atoms with Crippen molar-refractivity contribution < 1.29 is 29.2 Å². The molecule has 0 spiro atoms. The molecule has 0 aliphatic carbocycles. The Kier molecular flexibility index (Phi) is 4.62. The summed E-state index contributed by atoms with van der Waals surface area (Å²) in [5, 5.41) is 20.0. The van der Waals surface area contributed by atoms with Crippen LogP contribution in [0.1, 0.15) is 38.0 Å². The predicted molar refractivity (Wildman–Crippen MR) is 95.0 cm³/mol. The Morgan fingerprint density at radius 2 is 1.79 bits per heavy atom. The van der Waals surface area contributed by atoms with Gasteiger partial charge in [0.05, 0.1) is 21.6 Å². The monoisotopic (exact) mass is 383 g/mol. The van der Waals surface area contributed by atoms with Crippen LogP contribution < -0.4 is 4.90 Å². The van der Waals surface area contributed by atoms with Crippen LogP contribution >= 0.6 is 0 Å². The maximum Gasteiger partial charge on any atom is 0.335 e. The lowest BCUT2D eigenvalue weighted by Crippen LogP contribution is -2.43. The number of hydrogen-bond donors (Lipinski definition) is 1. The average Bonchev–Trinajstić information content (AvgIpc) is 2.89. The molecule has 3 amide bonds. The smallest absolute Gasteiger partial charge is 0.335 e. The number of carbonyl (C=O) groups is 4. The number of benzene rings is 2. The number of nitro groups is 1. The van der Waals surface area contributed by atoms with Gasteiger partial charge in [-0.3, -0.25) is 34.3 Å². The van der Waals surface area contributed by atoms with Crippen molar-refractivity contribution in [3.8, 4) is 0 Å². The Bertz CT molecular complexity index is 1050. The number of imide groups is 1. The molecule has 0 saturated carbocycles. The maximum absolute atomic E-state index is 12.6. The van der Waals surface area contributed by atoms with Crippen LogP contribution in [-0.2, 0) is 4.79 Å². The topological polar surface area (TPSA) is 138 Å². The molecule has 0 unspecified atom stereocenters. The molecule has 1 aliphatic rings. The van der Waals surface area contributed by atoms with Crippen molar-refractivity contribution in [3.63, 3.8) is 0 Å². The summed E-state index contributed by atoms with van der Waals surface area (Å²) in [7, 11) is 0. The van der Waals surface area contributed by atoms with E-state index in [1.807, 2.05) is 0 Å². The van der Waals surface area contributed by atoms with E-state index < -0.39 is 35.3 Å². The summed E-state index contributed by atoms with van der Waals surface area (Å²) in [6.45, 7) is 0.745. The van der Waals surface area contributed by atoms with Crippen LogP contribution in [0, 0.1) is 10.1 Å². The molecule has 0 radical (unpaired) electrons. The highest BCUT2D eigenvalue weighted by molar-refractivity contribution is 6.22. The Hall–Kier alpha value is -4.08. The van der Waals surface area contributed by atoms with Crippen molar-refractivity contribution in [2.75, 3.05) is 11.6 Å². The molecule has 0 fully saturated rings. The minimum atomic E-state index is -1.20. The molecule has 0 atom stereocenters. The van der Waals surface area contributed by atoms with Gasteiger partial charge in [-0.05, 0) is 24.3 Å². The van der Waals surface area contributed by atoms with E-state index in [0.717, 1.165) is 21.9 Å². The van der Waals surface area contributed by atoms with Crippen LogP contribution in [0.2, 0.25) is 0 Å². The van der Waals surface area contributed by atoms with Gasteiger partial charge in [-0.2, -0.15) is 0 Å². The first kappa shape index (κ1) is 18.7. The van der Waals surface area contributed by atoms with Crippen molar-refractivity contribution in [2.45, 2.75) is 6.92 Å². The minimum absolute atomic E-state index is 0.00149. The molecule has 1 heterocycles. The first-order valence-electron chi connectivity index (χ1n) is 7.97. The molecule has 1 N–H and O–H groups in total. The molecule has 28 heavy (non-hydrogen) atoms. The van der Waals surface area contributed by atoms with Crippen LogP contribution in [0.5, 0.6) is 0 Å². The fourth-order valence-electron chi connectivity index (χ4n) is 2.83. The SMILES string of the molecule is CC(=O)N(CN1C(=O)c2ccc([N+](=O)[O-])cc2C1=O)c1cccc(C(=O)O)c1. The van der Waals surface area contributed by atoms with Gasteiger partial charge < -0.3 is 5.11 Å². The third-order valence-corrected chi connectivity index (χ3v) is 4.23. The van der Waals surface area contributed by atoms with Crippen molar-refractivity contribution in [1.82, 2.24) is 4.90 Å². The second-order valence-corrected chi connectivity index (χ2v) is 5.97. The van der Waals surface area contributed by atoms with Gasteiger partial charge in [0.25, 0.3) is 17.5 Å². The summed E-state index contributed by atoms with van der Waals surface area (Å²) >= 11 is 0. The zero-order chi connectivity index (χ0) is 20.6. The third kappa shape index (κ3) is 3.18. The van der Waals surface area contributed by atoms with E-state index in [1.54, 1.807) is 0 Å². The van der Waals surface area contributed by atoms with Crippen LogP contribution in [0.3, 0.4) is 0 Å². The Morgan fingerprint density at radius 1 is 1.11 bits per heavy atom. The standard InChI is InChI=1S/C18H13N3O7/c1-10(22)19(12-4-2-3-11(7-12)18(25)26)9-20-16(23)14-6-5-13(21(27)28)8-15(14)17(20)24/h2-8H,9H2,1H3,(H,25,26). The number of rotatable bonds is 5. The van der Waals surface area contributed by atoms with Crippen molar-refractivity contribution in [2.24, 2.45) is 0 Å². The number of carbonyl (C=O) groups excluding carboxylic acids is 3. The summed E-state index contributed by atoms with van der Waals surface area (Å²) in [5.74, 6) is -3.19. The molecule has 10 nitrogen and oxygen atoms in total. The second-order valence-electron chi connectivity index (χ2n) is 5.97. The van der Waals surface area contributed by atoms with E-state index in [2.05, 4.69) is 0 Å². The number of amides is 3. The lowest BCUT2D eigenvalue weighted by molar-refractivity contribution is -0.384. The summed E-state index contributed by atoms with van der Waals surface area (Å²) < 4.78 is 0. The summed E-state index contributed by atoms with van der Waals surface area (Å²) in [5.41, 5.74) is -0.337. The van der Waals surface area contributed by atoms with Crippen molar-refractivity contribution >= 4 is 35.1 Å². The number of nitro benzene ring substituents is 1. The van der Waals surface area contributed by atoms with E-state index in [0.29, 0.717) is 0 Å². The molecule has 1 aliphatic heterocycles. The fourth-order valence-corrected chi connectivity index (χ4v) is 2.83. The normalized spacial score (nSPS) is 12.7. The zero-order valence-electron chi connectivity index (χ0n) is 14.5. The Balaban J connectivity index is 1.94. The minimum Gasteiger partial charge on any atom is -0.478 e. The van der Waals surface area contributed by atoms with Crippen LogP contribution in [-0.4, -0.2) is 45.3 Å². The Labute approximate surface area is 157 Å². The number of carboxylic acid groups (broad SMARTS) is 1. The number of fused-ring (bicyclic) bond motifs is 1. The molecular formula is C18H13N3O7. The van der Waals surface area contributed by atoms with Gasteiger partial charge in [0.1, 0.15) is 6.67 Å². The largest absolute Gasteiger partial charge is 0.478 e. The quantitative estimate of drug-likeness (QED) is 0.473. The first-order valence-corrected chi connectivity index (χ1v) is 7.97. The highest BCUT2D eigenvalue weighted by Crippen LogP contribution is 2.28. The summed E-state index contributed by atoms with van der Waals surface area (Å²) in [6.07, 6.45) is 0. The highest BCUT2D eigenvalue weighted by Gasteiger charge is 2.38. The molecular weight excluding hydrogens is 370 g/mol. The summed E-state index contributed by atoms with van der Waals surface area (Å²) in [4.78, 5) is 60.5. The van der Waals surface area contributed by atoms with Gasteiger partial charge in [-0.15, -0.1) is 0 Å². The number of non-ortho nitro benzene ring substituents is 1. The van der Waals surface area contributed by atoms with Gasteiger partial charge in [-0.25, -0.2) is 4.79 Å². The van der Waals surface area contributed by atoms with E-state index in [1.165, 1.54) is 37.3 Å². The zero-order valence-corrected chi connectivity index (χ0v) is 14.5. The number of hydrogen-bond acceptors (Lipinski definition) is 6. The van der Waals surface area contributed by atoms with Crippen LogP contribution in [0.4, 0.5) is 11.4 Å². The number of aromatic carboxylic acids is 1. The van der Waals surface area contributed by atoms with Crippen LogP contribution in [0.15, 0.2) is 42.5 Å². The van der Waals surface area contributed by atoms with E-state index in [4.69, 9.17) is 5.11 Å². The lowest BCUT2D eigenvalue weighted by atomic mass is 10.1. The van der Waals surface area contributed by atoms with Gasteiger partial charge in [-0.1, -0.05) is 6.07 Å². The highest BCUT2D eigenvalue weighted by atomic mass is 16.6. The molecule has 2 aromatic rings. The second kappa shape index (κ2) is 6.91. The fraction of sp³-hybridized carbons (Fsp3) is 0.111.